The van der Waals surface area contributed by atoms with Gasteiger partial charge in [-0.25, -0.2) is 0 Å². The van der Waals surface area contributed by atoms with Crippen molar-refractivity contribution in [2.75, 3.05) is 0 Å². The Balaban J connectivity index is 2.10. The molecule has 0 unspecified atom stereocenters. The number of halogens is 1. The third-order valence-electron chi connectivity index (χ3n) is 3.90. The molecular weight excluding hydrogens is 308 g/mol. The van der Waals surface area contributed by atoms with Gasteiger partial charge in [0, 0.05) is 28.2 Å². The van der Waals surface area contributed by atoms with Crippen LogP contribution in [-0.4, -0.2) is 10.5 Å². The molecule has 0 radical (unpaired) electrons. The van der Waals surface area contributed by atoms with Gasteiger partial charge in [-0.1, -0.05) is 35.2 Å². The van der Waals surface area contributed by atoms with Crippen molar-refractivity contribution in [1.82, 2.24) is 5.32 Å². The molecule has 4 nitrogen and oxygen atoms in total. The molecule has 1 saturated carbocycles. The van der Waals surface area contributed by atoms with Crippen LogP contribution in [0.5, 0.6) is 0 Å². The lowest BCUT2D eigenvalue weighted by Crippen LogP contribution is -2.43. The van der Waals surface area contributed by atoms with E-state index in [1.54, 1.807) is 12.1 Å². The van der Waals surface area contributed by atoms with Crippen LogP contribution in [0.15, 0.2) is 22.7 Å². The van der Waals surface area contributed by atoms with E-state index in [0.717, 1.165) is 22.9 Å². The Morgan fingerprint density at radius 2 is 2.05 bits per heavy atom. The number of hydrogen-bond acceptors (Lipinski definition) is 3. The maximum Gasteiger partial charge on any atom is 0.273 e. The van der Waals surface area contributed by atoms with Crippen molar-refractivity contribution in [1.29, 1.82) is 0 Å². The van der Waals surface area contributed by atoms with Gasteiger partial charge in [0.05, 0.1) is 4.92 Å². The topological polar surface area (TPSA) is 55.2 Å². The maximum atomic E-state index is 11.0. The first kappa shape index (κ1) is 14.5. The quantitative estimate of drug-likeness (QED) is 0.667. The molecule has 0 saturated heterocycles. The smallest absolute Gasteiger partial charge is 0.273 e. The number of benzene rings is 1. The molecule has 1 aromatic carbocycles. The summed E-state index contributed by atoms with van der Waals surface area (Å²) in [6, 6.07) is 5.10. The lowest BCUT2D eigenvalue weighted by atomic mass is 9.83. The predicted octanol–water partition coefficient (Wildman–Crippen LogP) is 4.17. The minimum atomic E-state index is -0.313. The van der Waals surface area contributed by atoms with Gasteiger partial charge in [0.2, 0.25) is 0 Å². The van der Waals surface area contributed by atoms with Crippen molar-refractivity contribution in [3.63, 3.8) is 0 Å². The molecule has 104 valence electrons. The standard InChI is InChI=1S/C14H19BrN2O2/c1-14(7-3-2-4-8-14)16-10-11-9-12(15)5-6-13(11)17(18)19/h5-6,9,16H,2-4,7-8,10H2,1H3. The van der Waals surface area contributed by atoms with E-state index in [4.69, 9.17) is 0 Å². The Kier molecular flexibility index (Phi) is 4.58. The summed E-state index contributed by atoms with van der Waals surface area (Å²) in [7, 11) is 0. The van der Waals surface area contributed by atoms with Crippen molar-refractivity contribution < 1.29 is 4.92 Å². The Bertz CT molecular complexity index is 471. The minimum Gasteiger partial charge on any atom is -0.307 e. The van der Waals surface area contributed by atoms with Crippen LogP contribution >= 0.6 is 15.9 Å². The highest BCUT2D eigenvalue weighted by Gasteiger charge is 2.26. The zero-order valence-corrected chi connectivity index (χ0v) is 12.7. The molecule has 1 aliphatic rings. The predicted molar refractivity (Wildman–Crippen MR) is 79.1 cm³/mol. The first-order valence-electron chi connectivity index (χ1n) is 6.68. The normalized spacial score (nSPS) is 18.2. The second-order valence-electron chi connectivity index (χ2n) is 5.51. The number of nitro groups is 1. The van der Waals surface area contributed by atoms with Gasteiger partial charge in [0.15, 0.2) is 0 Å². The number of hydrogen-bond donors (Lipinski definition) is 1. The summed E-state index contributed by atoms with van der Waals surface area (Å²) < 4.78 is 0.878. The van der Waals surface area contributed by atoms with Crippen LogP contribution in [0.3, 0.4) is 0 Å². The van der Waals surface area contributed by atoms with Crippen LogP contribution in [0, 0.1) is 10.1 Å². The molecular formula is C14H19BrN2O2. The molecule has 0 aromatic heterocycles. The van der Waals surface area contributed by atoms with Crippen LogP contribution in [0.4, 0.5) is 5.69 Å². The van der Waals surface area contributed by atoms with Crippen LogP contribution in [-0.2, 0) is 6.54 Å². The third-order valence-corrected chi connectivity index (χ3v) is 4.39. The maximum absolute atomic E-state index is 11.0. The lowest BCUT2D eigenvalue weighted by Gasteiger charge is -2.34. The minimum absolute atomic E-state index is 0.119. The van der Waals surface area contributed by atoms with E-state index in [1.165, 1.54) is 19.3 Å². The highest BCUT2D eigenvalue weighted by molar-refractivity contribution is 9.10. The van der Waals surface area contributed by atoms with Crippen molar-refractivity contribution in [2.24, 2.45) is 0 Å². The molecule has 5 heteroatoms. The van der Waals surface area contributed by atoms with E-state index in [0.29, 0.717) is 6.54 Å². The fraction of sp³-hybridized carbons (Fsp3) is 0.571. The number of nitro benzene ring substituents is 1. The molecule has 1 N–H and O–H groups in total. The fourth-order valence-electron chi connectivity index (χ4n) is 2.69. The molecule has 19 heavy (non-hydrogen) atoms. The molecule has 0 heterocycles. The van der Waals surface area contributed by atoms with Gasteiger partial charge < -0.3 is 5.32 Å². The van der Waals surface area contributed by atoms with Crippen LogP contribution in [0.1, 0.15) is 44.6 Å². The Hall–Kier alpha value is -0.940. The molecule has 1 aromatic rings. The molecule has 1 aliphatic carbocycles. The second kappa shape index (κ2) is 6.01. The van der Waals surface area contributed by atoms with Crippen LogP contribution < -0.4 is 5.32 Å². The lowest BCUT2D eigenvalue weighted by molar-refractivity contribution is -0.385. The summed E-state index contributed by atoms with van der Waals surface area (Å²) in [6.07, 6.45) is 6.08. The SMILES string of the molecule is CC1(NCc2cc(Br)ccc2[N+](=O)[O-])CCCCC1. The van der Waals surface area contributed by atoms with Gasteiger partial charge in [0.1, 0.15) is 0 Å². The van der Waals surface area contributed by atoms with Crippen molar-refractivity contribution in [2.45, 2.75) is 51.1 Å². The molecule has 2 rings (SSSR count). The van der Waals surface area contributed by atoms with Crippen LogP contribution in [0.25, 0.3) is 0 Å². The molecule has 0 bridgehead atoms. The second-order valence-corrected chi connectivity index (χ2v) is 6.42. The summed E-state index contributed by atoms with van der Waals surface area (Å²) in [5.74, 6) is 0. The Morgan fingerprint density at radius 1 is 1.37 bits per heavy atom. The number of nitrogens with one attached hydrogen (secondary N) is 1. The summed E-state index contributed by atoms with van der Waals surface area (Å²) in [5, 5.41) is 14.5. The first-order chi connectivity index (χ1) is 9.00. The average molecular weight is 327 g/mol. The zero-order chi connectivity index (χ0) is 13.9. The van der Waals surface area contributed by atoms with Crippen molar-refractivity contribution in [3.8, 4) is 0 Å². The van der Waals surface area contributed by atoms with Gasteiger partial charge >= 0.3 is 0 Å². The molecule has 0 spiro atoms. The van der Waals surface area contributed by atoms with Gasteiger partial charge in [-0.3, -0.25) is 10.1 Å². The largest absolute Gasteiger partial charge is 0.307 e. The van der Waals surface area contributed by atoms with Gasteiger partial charge in [-0.05, 0) is 31.9 Å². The monoisotopic (exact) mass is 326 g/mol. The van der Waals surface area contributed by atoms with Gasteiger partial charge in [-0.2, -0.15) is 0 Å². The molecule has 1 fully saturated rings. The number of rotatable bonds is 4. The first-order valence-corrected chi connectivity index (χ1v) is 7.47. The summed E-state index contributed by atoms with van der Waals surface area (Å²) in [4.78, 5) is 10.7. The van der Waals surface area contributed by atoms with Gasteiger partial charge in [-0.15, -0.1) is 0 Å². The molecule has 0 aliphatic heterocycles. The van der Waals surface area contributed by atoms with Crippen LogP contribution in [0.2, 0.25) is 0 Å². The van der Waals surface area contributed by atoms with E-state index in [-0.39, 0.29) is 16.1 Å². The Labute approximate surface area is 121 Å². The van der Waals surface area contributed by atoms with Crippen molar-refractivity contribution in [3.05, 3.63) is 38.3 Å². The molecule has 0 amide bonds. The summed E-state index contributed by atoms with van der Waals surface area (Å²) in [6.45, 7) is 2.77. The van der Waals surface area contributed by atoms with E-state index < -0.39 is 0 Å². The Morgan fingerprint density at radius 3 is 2.68 bits per heavy atom. The van der Waals surface area contributed by atoms with E-state index >= 15 is 0 Å². The highest BCUT2D eigenvalue weighted by atomic mass is 79.9. The summed E-state index contributed by atoms with van der Waals surface area (Å²) >= 11 is 3.37. The van der Waals surface area contributed by atoms with E-state index in [1.807, 2.05) is 6.07 Å². The molecule has 0 atom stereocenters. The van der Waals surface area contributed by atoms with Gasteiger partial charge in [0.25, 0.3) is 5.69 Å². The third kappa shape index (κ3) is 3.76. The highest BCUT2D eigenvalue weighted by Crippen LogP contribution is 2.29. The summed E-state index contributed by atoms with van der Waals surface area (Å²) in [5.41, 5.74) is 1.05. The average Bonchev–Trinajstić information content (AvgIpc) is 2.37. The van der Waals surface area contributed by atoms with E-state index in [2.05, 4.69) is 28.2 Å². The zero-order valence-electron chi connectivity index (χ0n) is 11.1. The van der Waals surface area contributed by atoms with E-state index in [9.17, 15) is 10.1 Å². The fourth-order valence-corrected chi connectivity index (χ4v) is 3.10. The van der Waals surface area contributed by atoms with Crippen molar-refractivity contribution >= 4 is 21.6 Å². The number of nitrogens with zero attached hydrogens (tertiary/aromatic N) is 1.